The minimum Gasteiger partial charge on any atom is -0.338 e. The van der Waals surface area contributed by atoms with Crippen molar-refractivity contribution in [1.29, 1.82) is 0 Å². The van der Waals surface area contributed by atoms with E-state index in [4.69, 9.17) is 11.6 Å². The Morgan fingerprint density at radius 1 is 1.16 bits per heavy atom. The van der Waals surface area contributed by atoms with Crippen molar-refractivity contribution in [3.8, 4) is 11.4 Å². The average Bonchev–Trinajstić information content (AvgIpc) is 2.72. The normalized spacial score (nSPS) is 11.2. The number of H-pyrrole nitrogens is 1. The number of aromatic amines is 1. The van der Waals surface area contributed by atoms with Crippen molar-refractivity contribution in [2.24, 2.45) is 0 Å². The zero-order valence-corrected chi connectivity index (χ0v) is 12.9. The molecular formula is C15H12BrClN2. The molecule has 0 fully saturated rings. The molecule has 0 bridgehead atoms. The lowest BCUT2D eigenvalue weighted by molar-refractivity contribution is 1.33. The molecule has 96 valence electrons. The fourth-order valence-electron chi connectivity index (χ4n) is 2.28. The Balaban J connectivity index is 2.23. The third-order valence-electron chi connectivity index (χ3n) is 3.11. The summed E-state index contributed by atoms with van der Waals surface area (Å²) >= 11 is 9.68. The first-order chi connectivity index (χ1) is 9.04. The van der Waals surface area contributed by atoms with Gasteiger partial charge in [-0.1, -0.05) is 33.6 Å². The van der Waals surface area contributed by atoms with Gasteiger partial charge in [0.1, 0.15) is 5.82 Å². The van der Waals surface area contributed by atoms with Crippen LogP contribution in [0.3, 0.4) is 0 Å². The van der Waals surface area contributed by atoms with Gasteiger partial charge in [-0.25, -0.2) is 4.98 Å². The quantitative estimate of drug-likeness (QED) is 0.645. The Bertz CT molecular complexity index is 777. The smallest absolute Gasteiger partial charge is 0.140 e. The summed E-state index contributed by atoms with van der Waals surface area (Å²) in [6, 6.07) is 10.0. The number of aryl methyl sites for hydroxylation is 2. The van der Waals surface area contributed by atoms with Crippen LogP contribution >= 0.6 is 27.5 Å². The molecule has 0 amide bonds. The maximum atomic E-state index is 6.27. The standard InChI is InChI=1S/C15H12BrClN2/c1-8-5-9(2)14-13(6-8)18-15(19-14)11-4-3-10(16)7-12(11)17/h3-7H,1-2H3,(H,18,19). The molecular weight excluding hydrogens is 324 g/mol. The van der Waals surface area contributed by atoms with Crippen molar-refractivity contribution in [1.82, 2.24) is 9.97 Å². The van der Waals surface area contributed by atoms with Crippen molar-refractivity contribution >= 4 is 38.6 Å². The first kappa shape index (κ1) is 12.7. The van der Waals surface area contributed by atoms with E-state index in [9.17, 15) is 0 Å². The molecule has 2 aromatic carbocycles. The lowest BCUT2D eigenvalue weighted by atomic mass is 10.1. The zero-order valence-electron chi connectivity index (χ0n) is 10.6. The van der Waals surface area contributed by atoms with E-state index >= 15 is 0 Å². The highest BCUT2D eigenvalue weighted by Crippen LogP contribution is 2.30. The fourth-order valence-corrected chi connectivity index (χ4v) is 3.04. The largest absolute Gasteiger partial charge is 0.338 e. The number of rotatable bonds is 1. The minimum absolute atomic E-state index is 0.683. The van der Waals surface area contributed by atoms with Gasteiger partial charge in [-0.15, -0.1) is 0 Å². The molecule has 2 nitrogen and oxygen atoms in total. The van der Waals surface area contributed by atoms with Gasteiger partial charge in [0.2, 0.25) is 0 Å². The second-order valence-electron chi connectivity index (χ2n) is 4.69. The number of fused-ring (bicyclic) bond motifs is 1. The topological polar surface area (TPSA) is 28.7 Å². The summed E-state index contributed by atoms with van der Waals surface area (Å²) in [4.78, 5) is 8.00. The minimum atomic E-state index is 0.683. The van der Waals surface area contributed by atoms with Gasteiger partial charge >= 0.3 is 0 Å². The highest BCUT2D eigenvalue weighted by molar-refractivity contribution is 9.10. The van der Waals surface area contributed by atoms with Gasteiger partial charge in [0.15, 0.2) is 0 Å². The van der Waals surface area contributed by atoms with E-state index in [1.807, 2.05) is 18.2 Å². The molecule has 0 aliphatic carbocycles. The zero-order chi connectivity index (χ0) is 13.6. The molecule has 0 saturated heterocycles. The van der Waals surface area contributed by atoms with Crippen LogP contribution in [0.25, 0.3) is 22.4 Å². The molecule has 0 saturated carbocycles. The number of aromatic nitrogens is 2. The number of benzene rings is 2. The van der Waals surface area contributed by atoms with Crippen LogP contribution in [0.15, 0.2) is 34.8 Å². The number of imidazole rings is 1. The van der Waals surface area contributed by atoms with E-state index in [0.29, 0.717) is 5.02 Å². The number of nitrogens with one attached hydrogen (secondary N) is 1. The summed E-state index contributed by atoms with van der Waals surface area (Å²) in [5, 5.41) is 0.683. The van der Waals surface area contributed by atoms with Crippen LogP contribution in [0.4, 0.5) is 0 Å². The van der Waals surface area contributed by atoms with Crippen molar-refractivity contribution in [2.75, 3.05) is 0 Å². The summed E-state index contributed by atoms with van der Waals surface area (Å²) < 4.78 is 0.962. The van der Waals surface area contributed by atoms with E-state index in [1.165, 1.54) is 11.1 Å². The molecule has 0 unspecified atom stereocenters. The Labute approximate surface area is 124 Å². The highest BCUT2D eigenvalue weighted by atomic mass is 79.9. The molecule has 3 rings (SSSR count). The molecule has 0 atom stereocenters. The lowest BCUT2D eigenvalue weighted by Crippen LogP contribution is -1.82. The predicted octanol–water partition coefficient (Wildman–Crippen LogP) is 5.26. The van der Waals surface area contributed by atoms with Crippen LogP contribution in [0.2, 0.25) is 5.02 Å². The van der Waals surface area contributed by atoms with Gasteiger partial charge in [0.25, 0.3) is 0 Å². The molecule has 1 heterocycles. The Kier molecular flexibility index (Phi) is 3.11. The van der Waals surface area contributed by atoms with Crippen LogP contribution in [0.1, 0.15) is 11.1 Å². The Morgan fingerprint density at radius 3 is 2.68 bits per heavy atom. The van der Waals surface area contributed by atoms with Gasteiger partial charge in [0.05, 0.1) is 16.1 Å². The first-order valence-electron chi connectivity index (χ1n) is 5.97. The lowest BCUT2D eigenvalue weighted by Gasteiger charge is -2.00. The molecule has 1 N–H and O–H groups in total. The summed E-state index contributed by atoms with van der Waals surface area (Å²) in [5.74, 6) is 0.807. The van der Waals surface area contributed by atoms with Crippen molar-refractivity contribution in [3.63, 3.8) is 0 Å². The average molecular weight is 336 g/mol. The van der Waals surface area contributed by atoms with E-state index in [1.54, 1.807) is 0 Å². The van der Waals surface area contributed by atoms with Gasteiger partial charge in [-0.3, -0.25) is 0 Å². The third kappa shape index (κ3) is 2.28. The maximum Gasteiger partial charge on any atom is 0.140 e. The van der Waals surface area contributed by atoms with Crippen LogP contribution in [-0.4, -0.2) is 9.97 Å². The predicted molar refractivity (Wildman–Crippen MR) is 83.7 cm³/mol. The Hall–Kier alpha value is -1.32. The molecule has 4 heteroatoms. The monoisotopic (exact) mass is 334 g/mol. The van der Waals surface area contributed by atoms with Gasteiger partial charge < -0.3 is 4.98 Å². The second-order valence-corrected chi connectivity index (χ2v) is 6.01. The van der Waals surface area contributed by atoms with E-state index in [0.717, 1.165) is 26.9 Å². The van der Waals surface area contributed by atoms with Gasteiger partial charge in [-0.2, -0.15) is 0 Å². The van der Waals surface area contributed by atoms with Gasteiger partial charge in [-0.05, 0) is 49.2 Å². The van der Waals surface area contributed by atoms with Crippen molar-refractivity contribution in [2.45, 2.75) is 13.8 Å². The summed E-state index contributed by atoms with van der Waals surface area (Å²) in [6.07, 6.45) is 0. The molecule has 0 aliphatic rings. The molecule has 19 heavy (non-hydrogen) atoms. The molecule has 0 radical (unpaired) electrons. The number of hydrogen-bond donors (Lipinski definition) is 1. The Morgan fingerprint density at radius 2 is 1.95 bits per heavy atom. The van der Waals surface area contributed by atoms with Crippen LogP contribution in [0.5, 0.6) is 0 Å². The van der Waals surface area contributed by atoms with Gasteiger partial charge in [0, 0.05) is 10.0 Å². The SMILES string of the molecule is Cc1cc(C)c2nc(-c3ccc(Br)cc3Cl)[nH]c2c1. The van der Waals surface area contributed by atoms with E-state index in [-0.39, 0.29) is 0 Å². The molecule has 0 aliphatic heterocycles. The number of nitrogens with zero attached hydrogens (tertiary/aromatic N) is 1. The van der Waals surface area contributed by atoms with E-state index in [2.05, 4.69) is 51.9 Å². The van der Waals surface area contributed by atoms with Crippen LogP contribution in [0, 0.1) is 13.8 Å². The molecule has 0 spiro atoms. The third-order valence-corrected chi connectivity index (χ3v) is 3.91. The summed E-state index contributed by atoms with van der Waals surface area (Å²) in [6.45, 7) is 4.16. The molecule has 1 aromatic heterocycles. The second kappa shape index (κ2) is 4.66. The number of hydrogen-bond acceptors (Lipinski definition) is 1. The first-order valence-corrected chi connectivity index (χ1v) is 7.14. The summed E-state index contributed by atoms with van der Waals surface area (Å²) in [5.41, 5.74) is 5.36. The fraction of sp³-hybridized carbons (Fsp3) is 0.133. The number of halogens is 2. The highest BCUT2D eigenvalue weighted by Gasteiger charge is 2.10. The van der Waals surface area contributed by atoms with Crippen molar-refractivity contribution in [3.05, 3.63) is 51.0 Å². The maximum absolute atomic E-state index is 6.27. The summed E-state index contributed by atoms with van der Waals surface area (Å²) in [7, 11) is 0. The van der Waals surface area contributed by atoms with Crippen molar-refractivity contribution < 1.29 is 0 Å². The van der Waals surface area contributed by atoms with Crippen LogP contribution < -0.4 is 0 Å². The molecule has 3 aromatic rings. The van der Waals surface area contributed by atoms with E-state index < -0.39 is 0 Å². The van der Waals surface area contributed by atoms with Crippen LogP contribution in [-0.2, 0) is 0 Å².